The summed E-state index contributed by atoms with van der Waals surface area (Å²) in [6.45, 7) is 0. The molecule has 0 aliphatic rings. The van der Waals surface area contributed by atoms with Crippen molar-refractivity contribution in [2.75, 3.05) is 11.7 Å². The molecule has 0 heterocycles. The Labute approximate surface area is 127 Å². The summed E-state index contributed by atoms with van der Waals surface area (Å²) in [6, 6.07) is 19.4. The molecule has 5 heteroatoms. The van der Waals surface area contributed by atoms with Crippen molar-refractivity contribution in [3.8, 4) is 23.3 Å². The Bertz CT molecular complexity index is 703. The van der Waals surface area contributed by atoms with Crippen molar-refractivity contribution in [1.82, 2.24) is 0 Å². The molecular formula is C16H12N4S. The minimum absolute atomic E-state index is 0.202. The number of benzene rings is 2. The number of hydrazone groups is 1. The monoisotopic (exact) mass is 292 g/mol. The molecule has 0 saturated carbocycles. The minimum Gasteiger partial charge on any atom is -0.277 e. The summed E-state index contributed by atoms with van der Waals surface area (Å²) in [5, 5.41) is 20.9. The van der Waals surface area contributed by atoms with Crippen molar-refractivity contribution in [2.45, 2.75) is 4.90 Å². The first-order valence-corrected chi connectivity index (χ1v) is 7.37. The zero-order valence-electron chi connectivity index (χ0n) is 11.4. The average molecular weight is 292 g/mol. The molecular weight excluding hydrogens is 280 g/mol. The van der Waals surface area contributed by atoms with Gasteiger partial charge in [0.15, 0.2) is 0 Å². The standard InChI is InChI=1S/C16H12N4S/c1-21-16-8-4-13(5-9-16)12-2-6-14(7-3-12)19-20-15(10-17)11-18/h2-9,19H,1H3. The van der Waals surface area contributed by atoms with E-state index in [1.807, 2.05) is 30.5 Å². The van der Waals surface area contributed by atoms with Crippen LogP contribution in [0.25, 0.3) is 11.1 Å². The van der Waals surface area contributed by atoms with Crippen LogP contribution in [0.1, 0.15) is 0 Å². The molecule has 1 N–H and O–H groups in total. The van der Waals surface area contributed by atoms with E-state index in [0.29, 0.717) is 0 Å². The number of nitriles is 2. The Kier molecular flexibility index (Phi) is 4.98. The highest BCUT2D eigenvalue weighted by Gasteiger charge is 1.99. The summed E-state index contributed by atoms with van der Waals surface area (Å²) in [4.78, 5) is 1.23. The highest BCUT2D eigenvalue weighted by atomic mass is 32.2. The van der Waals surface area contributed by atoms with Crippen LogP contribution in [0.3, 0.4) is 0 Å². The van der Waals surface area contributed by atoms with Gasteiger partial charge in [-0.15, -0.1) is 11.8 Å². The van der Waals surface area contributed by atoms with Crippen molar-refractivity contribution >= 4 is 23.2 Å². The minimum atomic E-state index is -0.202. The van der Waals surface area contributed by atoms with Gasteiger partial charge in [0.2, 0.25) is 5.71 Å². The first-order valence-electron chi connectivity index (χ1n) is 6.15. The molecule has 0 aliphatic heterocycles. The van der Waals surface area contributed by atoms with Crippen molar-refractivity contribution in [3.05, 3.63) is 48.5 Å². The second-order valence-electron chi connectivity index (χ2n) is 4.10. The number of nitrogens with one attached hydrogen (secondary N) is 1. The molecule has 0 atom stereocenters. The molecule has 0 fully saturated rings. The number of anilines is 1. The molecule has 4 nitrogen and oxygen atoms in total. The molecule has 0 amide bonds. The quantitative estimate of drug-likeness (QED) is 0.527. The Hall–Kier alpha value is -2.76. The average Bonchev–Trinajstić information content (AvgIpc) is 2.56. The van der Waals surface area contributed by atoms with E-state index in [-0.39, 0.29) is 5.71 Å². The van der Waals surface area contributed by atoms with Crippen LogP contribution in [0.5, 0.6) is 0 Å². The van der Waals surface area contributed by atoms with Gasteiger partial charge in [-0.25, -0.2) is 0 Å². The van der Waals surface area contributed by atoms with E-state index >= 15 is 0 Å². The lowest BCUT2D eigenvalue weighted by Crippen LogP contribution is -1.96. The normalized spacial score (nSPS) is 9.29. The predicted octanol–water partition coefficient (Wildman–Crippen LogP) is 3.89. The Morgan fingerprint density at radius 3 is 1.95 bits per heavy atom. The van der Waals surface area contributed by atoms with Crippen molar-refractivity contribution < 1.29 is 0 Å². The van der Waals surface area contributed by atoms with Crippen LogP contribution in [-0.2, 0) is 0 Å². The van der Waals surface area contributed by atoms with Crippen LogP contribution in [0.4, 0.5) is 5.69 Å². The fourth-order valence-corrected chi connectivity index (χ4v) is 2.12. The van der Waals surface area contributed by atoms with Gasteiger partial charge in [0, 0.05) is 4.90 Å². The number of hydrogen-bond acceptors (Lipinski definition) is 5. The van der Waals surface area contributed by atoms with Gasteiger partial charge in [-0.1, -0.05) is 24.3 Å². The van der Waals surface area contributed by atoms with E-state index in [1.54, 1.807) is 23.9 Å². The van der Waals surface area contributed by atoms with Gasteiger partial charge in [0.05, 0.1) is 5.69 Å². The van der Waals surface area contributed by atoms with Gasteiger partial charge in [0.1, 0.15) is 12.1 Å². The maximum atomic E-state index is 8.59. The van der Waals surface area contributed by atoms with E-state index < -0.39 is 0 Å². The van der Waals surface area contributed by atoms with Crippen molar-refractivity contribution in [1.29, 1.82) is 10.5 Å². The van der Waals surface area contributed by atoms with Crippen molar-refractivity contribution in [3.63, 3.8) is 0 Å². The van der Waals surface area contributed by atoms with Crippen LogP contribution in [0.2, 0.25) is 0 Å². The molecule has 0 unspecified atom stereocenters. The summed E-state index contributed by atoms with van der Waals surface area (Å²) in [7, 11) is 0. The summed E-state index contributed by atoms with van der Waals surface area (Å²) in [5.74, 6) is 0. The Morgan fingerprint density at radius 2 is 1.48 bits per heavy atom. The molecule has 0 aliphatic carbocycles. The zero-order chi connectivity index (χ0) is 15.1. The maximum Gasteiger partial charge on any atom is 0.237 e. The number of rotatable bonds is 4. The highest BCUT2D eigenvalue weighted by Crippen LogP contribution is 2.24. The lowest BCUT2D eigenvalue weighted by molar-refractivity contribution is 1.34. The van der Waals surface area contributed by atoms with E-state index in [0.717, 1.165) is 16.8 Å². The second-order valence-corrected chi connectivity index (χ2v) is 4.98. The number of thioether (sulfide) groups is 1. The second kappa shape index (κ2) is 7.14. The molecule has 0 aromatic heterocycles. The van der Waals surface area contributed by atoms with Crippen LogP contribution >= 0.6 is 11.8 Å². The summed E-state index contributed by atoms with van der Waals surface area (Å²) in [6.07, 6.45) is 2.05. The fourth-order valence-electron chi connectivity index (χ4n) is 1.72. The Balaban J connectivity index is 2.13. The van der Waals surface area contributed by atoms with Gasteiger partial charge in [-0.05, 0) is 41.6 Å². The van der Waals surface area contributed by atoms with Gasteiger partial charge in [0.25, 0.3) is 0 Å². The summed E-state index contributed by atoms with van der Waals surface area (Å²) < 4.78 is 0. The maximum absolute atomic E-state index is 8.59. The molecule has 0 radical (unpaired) electrons. The van der Waals surface area contributed by atoms with Gasteiger partial charge >= 0.3 is 0 Å². The van der Waals surface area contributed by atoms with E-state index in [2.05, 4.69) is 34.8 Å². The van der Waals surface area contributed by atoms with Crippen LogP contribution in [-0.4, -0.2) is 12.0 Å². The third kappa shape index (κ3) is 3.85. The van der Waals surface area contributed by atoms with Crippen molar-refractivity contribution in [2.24, 2.45) is 5.10 Å². The predicted molar refractivity (Wildman–Crippen MR) is 85.9 cm³/mol. The van der Waals surface area contributed by atoms with E-state index in [9.17, 15) is 0 Å². The van der Waals surface area contributed by atoms with Crippen LogP contribution in [0.15, 0.2) is 58.5 Å². The SMILES string of the molecule is CSc1ccc(-c2ccc(NN=C(C#N)C#N)cc2)cc1. The lowest BCUT2D eigenvalue weighted by Gasteiger charge is -2.05. The third-order valence-electron chi connectivity index (χ3n) is 2.82. The fraction of sp³-hybridized carbons (Fsp3) is 0.0625. The molecule has 0 bridgehead atoms. The molecule has 2 rings (SSSR count). The smallest absolute Gasteiger partial charge is 0.237 e. The van der Waals surface area contributed by atoms with Gasteiger partial charge < -0.3 is 0 Å². The van der Waals surface area contributed by atoms with Crippen LogP contribution in [0, 0.1) is 22.7 Å². The largest absolute Gasteiger partial charge is 0.277 e. The molecule has 102 valence electrons. The topological polar surface area (TPSA) is 72.0 Å². The highest BCUT2D eigenvalue weighted by molar-refractivity contribution is 7.98. The number of hydrogen-bond donors (Lipinski definition) is 1. The number of nitrogens with zero attached hydrogens (tertiary/aromatic N) is 3. The van der Waals surface area contributed by atoms with Gasteiger partial charge in [-0.3, -0.25) is 5.43 Å². The molecule has 21 heavy (non-hydrogen) atoms. The summed E-state index contributed by atoms with van der Waals surface area (Å²) >= 11 is 1.71. The lowest BCUT2D eigenvalue weighted by atomic mass is 10.1. The molecule has 2 aromatic rings. The van der Waals surface area contributed by atoms with Crippen LogP contribution < -0.4 is 5.43 Å². The molecule has 0 spiro atoms. The molecule has 2 aromatic carbocycles. The first-order chi connectivity index (χ1) is 10.3. The zero-order valence-corrected chi connectivity index (χ0v) is 12.2. The Morgan fingerprint density at radius 1 is 0.952 bits per heavy atom. The van der Waals surface area contributed by atoms with E-state index in [4.69, 9.17) is 10.5 Å². The van der Waals surface area contributed by atoms with Gasteiger partial charge in [-0.2, -0.15) is 15.6 Å². The third-order valence-corrected chi connectivity index (χ3v) is 3.56. The van der Waals surface area contributed by atoms with E-state index in [1.165, 1.54) is 4.90 Å². The first kappa shape index (κ1) is 14.6. The summed E-state index contributed by atoms with van der Waals surface area (Å²) in [5.41, 5.74) is 5.44. The molecule has 0 saturated heterocycles.